The van der Waals surface area contributed by atoms with E-state index in [1.807, 2.05) is 43.3 Å². The molecular weight excluding hydrogens is 414 g/mol. The number of likely N-dealkylation sites (N-methyl/N-ethyl adjacent to an activating group) is 1. The lowest BCUT2D eigenvalue weighted by Gasteiger charge is -2.21. The molecule has 0 fully saturated rings. The number of rotatable bonds is 5. The molecule has 0 aliphatic carbocycles. The van der Waals surface area contributed by atoms with Crippen LogP contribution in [0.3, 0.4) is 0 Å². The number of hydrogen-bond acceptors (Lipinski definition) is 7. The second-order valence-corrected chi connectivity index (χ2v) is 9.24. The van der Waals surface area contributed by atoms with Gasteiger partial charge in [0.1, 0.15) is 11.1 Å². The summed E-state index contributed by atoms with van der Waals surface area (Å²) in [6.07, 6.45) is 0.843. The second-order valence-electron chi connectivity index (χ2n) is 7.19. The summed E-state index contributed by atoms with van der Waals surface area (Å²) in [7, 11) is 2.06. The molecule has 0 bridgehead atoms. The molecule has 30 heavy (non-hydrogen) atoms. The van der Waals surface area contributed by atoms with E-state index < -0.39 is 0 Å². The summed E-state index contributed by atoms with van der Waals surface area (Å²) in [5.41, 5.74) is 4.40. The normalized spacial score (nSPS) is 13.5. The molecule has 152 valence electrons. The lowest BCUT2D eigenvalue weighted by molar-refractivity contribution is -0.113. The zero-order valence-corrected chi connectivity index (χ0v) is 18.4. The van der Waals surface area contributed by atoms with Crippen molar-refractivity contribution in [1.29, 1.82) is 5.26 Å². The van der Waals surface area contributed by atoms with E-state index in [1.54, 1.807) is 0 Å². The topological polar surface area (TPSA) is 81.9 Å². The van der Waals surface area contributed by atoms with Gasteiger partial charge in [-0.3, -0.25) is 4.79 Å². The quantitative estimate of drug-likeness (QED) is 0.480. The maximum Gasteiger partial charge on any atom is 0.235 e. The Hall–Kier alpha value is -2.73. The van der Waals surface area contributed by atoms with Gasteiger partial charge < -0.3 is 10.2 Å². The number of anilines is 1. The van der Waals surface area contributed by atoms with Crippen molar-refractivity contribution < 1.29 is 4.79 Å². The van der Waals surface area contributed by atoms with Crippen LogP contribution in [0.15, 0.2) is 41.6 Å². The molecule has 2 aromatic heterocycles. The van der Waals surface area contributed by atoms with Crippen LogP contribution in [0, 0.1) is 18.3 Å². The molecule has 1 amide bonds. The van der Waals surface area contributed by atoms with Gasteiger partial charge in [0, 0.05) is 29.2 Å². The Morgan fingerprint density at radius 3 is 2.90 bits per heavy atom. The Balaban J connectivity index is 1.45. The number of amides is 1. The number of fused-ring (bicyclic) bond motifs is 1. The average Bonchev–Trinajstić information content (AvgIpc) is 3.08. The fraction of sp³-hybridized carbons (Fsp3) is 0.273. The standard InChI is InChI=1S/C22H21N5OS2/c1-14-10-18(15-6-4-3-5-7-15)25-22(24-14)29-13-20(28)26-21-17(11-23)16-8-9-27(2)12-19(16)30-21/h3-7,10H,8-9,12-13H2,1-2H3,(H,26,28). The van der Waals surface area contributed by atoms with Crippen molar-refractivity contribution in [3.05, 3.63) is 58.1 Å². The number of aryl methyl sites for hydroxylation is 1. The Morgan fingerprint density at radius 1 is 1.33 bits per heavy atom. The molecule has 1 N–H and O–H groups in total. The highest BCUT2D eigenvalue weighted by molar-refractivity contribution is 7.99. The van der Waals surface area contributed by atoms with Crippen LogP contribution in [-0.4, -0.2) is 40.1 Å². The summed E-state index contributed by atoms with van der Waals surface area (Å²) in [5.74, 6) is 0.0280. The van der Waals surface area contributed by atoms with E-state index in [4.69, 9.17) is 0 Å². The average molecular weight is 436 g/mol. The van der Waals surface area contributed by atoms with Crippen LogP contribution >= 0.6 is 23.1 Å². The smallest absolute Gasteiger partial charge is 0.235 e. The third-order valence-corrected chi connectivity index (χ3v) is 6.83. The number of benzene rings is 1. The van der Waals surface area contributed by atoms with Gasteiger partial charge >= 0.3 is 0 Å². The zero-order chi connectivity index (χ0) is 21.1. The lowest BCUT2D eigenvalue weighted by atomic mass is 10.0. The van der Waals surface area contributed by atoms with Crippen LogP contribution < -0.4 is 5.32 Å². The third kappa shape index (κ3) is 4.54. The highest BCUT2D eigenvalue weighted by atomic mass is 32.2. The molecule has 0 spiro atoms. The Bertz CT molecular complexity index is 1120. The van der Waals surface area contributed by atoms with Gasteiger partial charge in [-0.1, -0.05) is 42.1 Å². The van der Waals surface area contributed by atoms with Gasteiger partial charge in [-0.05, 0) is 32.0 Å². The van der Waals surface area contributed by atoms with Crippen molar-refractivity contribution in [3.63, 3.8) is 0 Å². The monoisotopic (exact) mass is 435 g/mol. The molecule has 8 heteroatoms. The predicted molar refractivity (Wildman–Crippen MR) is 121 cm³/mol. The van der Waals surface area contributed by atoms with E-state index in [2.05, 4.69) is 33.3 Å². The van der Waals surface area contributed by atoms with E-state index in [1.165, 1.54) is 23.1 Å². The zero-order valence-electron chi connectivity index (χ0n) is 16.8. The minimum atomic E-state index is -0.158. The molecule has 6 nitrogen and oxygen atoms in total. The van der Waals surface area contributed by atoms with Gasteiger partial charge in [-0.25, -0.2) is 9.97 Å². The summed E-state index contributed by atoms with van der Waals surface area (Å²) in [6, 6.07) is 14.1. The minimum Gasteiger partial charge on any atom is -0.316 e. The fourth-order valence-electron chi connectivity index (χ4n) is 3.39. The number of aromatic nitrogens is 2. The molecule has 1 aromatic carbocycles. The number of carbonyl (C=O) groups is 1. The Morgan fingerprint density at radius 2 is 2.13 bits per heavy atom. The van der Waals surface area contributed by atoms with Crippen molar-refractivity contribution in [2.24, 2.45) is 0 Å². The van der Waals surface area contributed by atoms with Gasteiger partial charge in [0.25, 0.3) is 0 Å². The number of thioether (sulfide) groups is 1. The highest BCUT2D eigenvalue weighted by Gasteiger charge is 2.23. The molecule has 0 unspecified atom stereocenters. The Labute approximate surface area is 184 Å². The molecule has 1 aliphatic rings. The molecule has 4 rings (SSSR count). The van der Waals surface area contributed by atoms with Crippen LogP contribution in [0.4, 0.5) is 5.00 Å². The maximum atomic E-state index is 12.6. The van der Waals surface area contributed by atoms with Gasteiger partial charge in [-0.15, -0.1) is 11.3 Å². The number of nitriles is 1. The van der Waals surface area contributed by atoms with Gasteiger partial charge in [0.2, 0.25) is 5.91 Å². The van der Waals surface area contributed by atoms with Crippen LogP contribution in [0.5, 0.6) is 0 Å². The van der Waals surface area contributed by atoms with Crippen molar-refractivity contribution in [3.8, 4) is 17.3 Å². The van der Waals surface area contributed by atoms with Crippen LogP contribution in [0.2, 0.25) is 0 Å². The summed E-state index contributed by atoms with van der Waals surface area (Å²) in [6.45, 7) is 3.67. The fourth-order valence-corrected chi connectivity index (χ4v) is 5.39. The number of nitrogens with one attached hydrogen (secondary N) is 1. The first-order chi connectivity index (χ1) is 14.5. The molecule has 1 aliphatic heterocycles. The molecule has 0 saturated heterocycles. The van der Waals surface area contributed by atoms with Crippen molar-refractivity contribution in [2.75, 3.05) is 24.7 Å². The highest BCUT2D eigenvalue weighted by Crippen LogP contribution is 2.36. The van der Waals surface area contributed by atoms with Crippen molar-refractivity contribution in [1.82, 2.24) is 14.9 Å². The number of thiophene rings is 1. The summed E-state index contributed by atoms with van der Waals surface area (Å²) < 4.78 is 0. The summed E-state index contributed by atoms with van der Waals surface area (Å²) in [4.78, 5) is 25.0. The van der Waals surface area contributed by atoms with Crippen LogP contribution in [0.25, 0.3) is 11.3 Å². The van der Waals surface area contributed by atoms with E-state index in [9.17, 15) is 10.1 Å². The Kier molecular flexibility index (Phi) is 6.13. The third-order valence-electron chi connectivity index (χ3n) is 4.85. The first kappa shape index (κ1) is 20.5. The maximum absolute atomic E-state index is 12.6. The number of carbonyl (C=O) groups excluding carboxylic acids is 1. The van der Waals surface area contributed by atoms with Gasteiger partial charge in [0.05, 0.1) is 17.0 Å². The first-order valence-electron chi connectivity index (χ1n) is 9.60. The molecule has 0 atom stereocenters. The number of hydrogen-bond donors (Lipinski definition) is 1. The SMILES string of the molecule is Cc1cc(-c2ccccc2)nc(SCC(=O)Nc2sc3c(c2C#N)CCN(C)C3)n1. The number of nitrogens with zero attached hydrogens (tertiary/aromatic N) is 4. The van der Waals surface area contributed by atoms with Crippen LogP contribution in [0.1, 0.15) is 21.7 Å². The van der Waals surface area contributed by atoms with Crippen LogP contribution in [-0.2, 0) is 17.8 Å². The summed E-state index contributed by atoms with van der Waals surface area (Å²) >= 11 is 2.80. The van der Waals surface area contributed by atoms with Crippen molar-refractivity contribution >= 4 is 34.0 Å². The van der Waals surface area contributed by atoms with Gasteiger partial charge in [-0.2, -0.15) is 5.26 Å². The first-order valence-corrected chi connectivity index (χ1v) is 11.4. The van der Waals surface area contributed by atoms with E-state index >= 15 is 0 Å². The predicted octanol–water partition coefficient (Wildman–Crippen LogP) is 4.10. The minimum absolute atomic E-state index is 0.158. The summed E-state index contributed by atoms with van der Waals surface area (Å²) in [5, 5.41) is 13.7. The van der Waals surface area contributed by atoms with E-state index in [0.717, 1.165) is 46.9 Å². The lowest BCUT2D eigenvalue weighted by Crippen LogP contribution is -2.25. The molecular formula is C22H21N5OS2. The second kappa shape index (κ2) is 8.96. The molecule has 0 radical (unpaired) electrons. The largest absolute Gasteiger partial charge is 0.316 e. The molecule has 0 saturated carbocycles. The van der Waals surface area contributed by atoms with E-state index in [-0.39, 0.29) is 11.7 Å². The van der Waals surface area contributed by atoms with Crippen molar-refractivity contribution in [2.45, 2.75) is 25.0 Å². The molecule has 3 heterocycles. The van der Waals surface area contributed by atoms with E-state index in [0.29, 0.717) is 15.7 Å². The molecule has 3 aromatic rings. The van der Waals surface area contributed by atoms with Gasteiger partial charge in [0.15, 0.2) is 5.16 Å².